The van der Waals surface area contributed by atoms with E-state index in [4.69, 9.17) is 5.73 Å². The number of anilines is 1. The van der Waals surface area contributed by atoms with E-state index in [9.17, 15) is 9.90 Å². The third-order valence-electron chi connectivity index (χ3n) is 5.58. The number of rotatable bonds is 6. The molecule has 0 fully saturated rings. The lowest BCUT2D eigenvalue weighted by Gasteiger charge is -2.16. The van der Waals surface area contributed by atoms with Gasteiger partial charge in [0.15, 0.2) is 5.78 Å². The van der Waals surface area contributed by atoms with Gasteiger partial charge in [0.05, 0.1) is 22.5 Å². The zero-order chi connectivity index (χ0) is 21.8. The summed E-state index contributed by atoms with van der Waals surface area (Å²) in [5.41, 5.74) is 11.9. The van der Waals surface area contributed by atoms with E-state index in [1.807, 2.05) is 24.3 Å². The topological polar surface area (TPSA) is 75.7 Å². The van der Waals surface area contributed by atoms with Crippen LogP contribution in [0.15, 0.2) is 77.8 Å². The molecular formula is C27H26N2O2. The summed E-state index contributed by atoms with van der Waals surface area (Å²) in [6, 6.07) is 19.7. The molecule has 0 unspecified atom stereocenters. The molecule has 4 heteroatoms. The minimum absolute atomic E-state index is 0.00343. The highest BCUT2D eigenvalue weighted by Crippen LogP contribution is 2.32. The minimum Gasteiger partial charge on any atom is -0.507 e. The van der Waals surface area contributed by atoms with Gasteiger partial charge in [-0.2, -0.15) is 0 Å². The molecule has 156 valence electrons. The highest BCUT2D eigenvalue weighted by molar-refractivity contribution is 6.27. The summed E-state index contributed by atoms with van der Waals surface area (Å²) in [6.07, 6.45) is 7.92. The van der Waals surface area contributed by atoms with Gasteiger partial charge in [-0.3, -0.25) is 4.79 Å². The second-order valence-corrected chi connectivity index (χ2v) is 7.82. The molecular weight excluding hydrogens is 384 g/mol. The third-order valence-corrected chi connectivity index (χ3v) is 5.58. The number of nitrogens with zero attached hydrogens (tertiary/aromatic N) is 1. The van der Waals surface area contributed by atoms with Crippen molar-refractivity contribution in [2.45, 2.75) is 32.6 Å². The van der Waals surface area contributed by atoms with E-state index in [1.54, 1.807) is 6.08 Å². The first-order valence-electron chi connectivity index (χ1n) is 10.7. The summed E-state index contributed by atoms with van der Waals surface area (Å²) in [5.74, 6) is -0.230. The molecule has 1 aliphatic rings. The van der Waals surface area contributed by atoms with E-state index in [1.165, 1.54) is 43.0 Å². The second-order valence-electron chi connectivity index (χ2n) is 7.82. The van der Waals surface area contributed by atoms with E-state index < -0.39 is 0 Å². The number of hydrogen-bond donors (Lipinski definition) is 2. The highest BCUT2D eigenvalue weighted by Gasteiger charge is 2.23. The molecule has 1 aliphatic carbocycles. The molecule has 0 bridgehead atoms. The van der Waals surface area contributed by atoms with Crippen LogP contribution in [0.4, 0.5) is 11.4 Å². The normalized spacial score (nSPS) is 14.1. The first-order valence-corrected chi connectivity index (χ1v) is 10.7. The molecule has 0 amide bonds. The number of unbranched alkanes of at least 4 members (excludes halogenated alkanes) is 2. The fraction of sp³-hybridized carbons (Fsp3) is 0.185. The lowest BCUT2D eigenvalue weighted by molar-refractivity contribution is 0.104. The second kappa shape index (κ2) is 9.00. The summed E-state index contributed by atoms with van der Waals surface area (Å²) < 4.78 is 0. The summed E-state index contributed by atoms with van der Waals surface area (Å²) in [7, 11) is 0. The van der Waals surface area contributed by atoms with Gasteiger partial charge >= 0.3 is 0 Å². The third kappa shape index (κ3) is 4.43. The van der Waals surface area contributed by atoms with Gasteiger partial charge in [-0.05, 0) is 65.9 Å². The number of benzene rings is 3. The molecule has 3 aromatic carbocycles. The van der Waals surface area contributed by atoms with Crippen molar-refractivity contribution in [1.82, 2.24) is 0 Å². The number of hydrogen-bond acceptors (Lipinski definition) is 4. The minimum atomic E-state index is -0.226. The quantitative estimate of drug-likeness (QED) is 0.287. The van der Waals surface area contributed by atoms with Crippen LogP contribution < -0.4 is 5.73 Å². The number of fused-ring (bicyclic) bond motifs is 1. The zero-order valence-electron chi connectivity index (χ0n) is 17.6. The van der Waals surface area contributed by atoms with Crippen LogP contribution in [0.25, 0.3) is 11.1 Å². The van der Waals surface area contributed by atoms with Crippen LogP contribution in [0.5, 0.6) is 5.75 Å². The molecule has 0 saturated heterocycles. The van der Waals surface area contributed by atoms with Crippen LogP contribution >= 0.6 is 0 Å². The standard InChI is InChI=1S/C27H26N2O2/c1-2-3-4-5-18-6-8-19(9-7-18)20-10-12-21(13-11-20)29-23-15-17-24(30)26-22(28)14-16-25(31)27(23)26/h6-17,31H,2-5,28H2,1H3. The van der Waals surface area contributed by atoms with Crippen molar-refractivity contribution in [2.75, 3.05) is 5.73 Å². The van der Waals surface area contributed by atoms with Crippen molar-refractivity contribution in [3.8, 4) is 16.9 Å². The summed E-state index contributed by atoms with van der Waals surface area (Å²) >= 11 is 0. The number of carbonyl (C=O) groups is 1. The Bertz CT molecular complexity index is 1160. The van der Waals surface area contributed by atoms with Crippen molar-refractivity contribution >= 4 is 22.9 Å². The summed E-state index contributed by atoms with van der Waals surface area (Å²) in [5, 5.41) is 10.3. The van der Waals surface area contributed by atoms with Crippen LogP contribution in [0.1, 0.15) is 47.7 Å². The molecule has 4 rings (SSSR count). The first-order chi connectivity index (χ1) is 15.1. The number of allylic oxidation sites excluding steroid dienone is 2. The Morgan fingerprint density at radius 3 is 2.19 bits per heavy atom. The van der Waals surface area contributed by atoms with Gasteiger partial charge in [-0.15, -0.1) is 0 Å². The van der Waals surface area contributed by atoms with Crippen molar-refractivity contribution in [2.24, 2.45) is 4.99 Å². The molecule has 0 aromatic heterocycles. The van der Waals surface area contributed by atoms with Crippen LogP contribution in [0, 0.1) is 0 Å². The molecule has 4 nitrogen and oxygen atoms in total. The monoisotopic (exact) mass is 410 g/mol. The number of nitrogens with two attached hydrogens (primary N) is 1. The fourth-order valence-electron chi connectivity index (χ4n) is 3.86. The molecule has 0 saturated carbocycles. The Balaban J connectivity index is 1.57. The van der Waals surface area contributed by atoms with E-state index in [0.717, 1.165) is 23.2 Å². The largest absolute Gasteiger partial charge is 0.507 e. The molecule has 0 aliphatic heterocycles. The first kappa shape index (κ1) is 20.6. The van der Waals surface area contributed by atoms with Crippen molar-refractivity contribution in [3.63, 3.8) is 0 Å². The Morgan fingerprint density at radius 2 is 1.52 bits per heavy atom. The van der Waals surface area contributed by atoms with E-state index in [0.29, 0.717) is 22.5 Å². The molecule has 0 heterocycles. The van der Waals surface area contributed by atoms with Gasteiger partial charge in [0, 0.05) is 5.69 Å². The average molecular weight is 411 g/mol. The maximum Gasteiger partial charge on any atom is 0.188 e. The summed E-state index contributed by atoms with van der Waals surface area (Å²) in [4.78, 5) is 16.9. The van der Waals surface area contributed by atoms with Gasteiger partial charge in [0.25, 0.3) is 0 Å². The van der Waals surface area contributed by atoms with Crippen LogP contribution in [0.2, 0.25) is 0 Å². The number of ketones is 1. The zero-order valence-corrected chi connectivity index (χ0v) is 17.6. The maximum atomic E-state index is 12.2. The van der Waals surface area contributed by atoms with Gasteiger partial charge in [-0.25, -0.2) is 4.99 Å². The Hall–Kier alpha value is -3.66. The van der Waals surface area contributed by atoms with E-state index in [-0.39, 0.29) is 11.5 Å². The number of phenolic OH excluding ortho intramolecular Hbond substituents is 1. The van der Waals surface area contributed by atoms with Crippen LogP contribution in [-0.2, 0) is 6.42 Å². The molecule has 3 aromatic rings. The fourth-order valence-corrected chi connectivity index (χ4v) is 3.86. The Morgan fingerprint density at radius 1 is 0.839 bits per heavy atom. The Labute approximate surface area is 182 Å². The lowest BCUT2D eigenvalue weighted by Crippen LogP contribution is -2.15. The number of aliphatic imine (C=N–C) groups is 1. The smallest absolute Gasteiger partial charge is 0.188 e. The van der Waals surface area contributed by atoms with E-state index in [2.05, 4.69) is 36.2 Å². The van der Waals surface area contributed by atoms with Crippen molar-refractivity contribution < 1.29 is 9.90 Å². The van der Waals surface area contributed by atoms with Crippen LogP contribution in [-0.4, -0.2) is 16.6 Å². The Kier molecular flexibility index (Phi) is 5.99. The number of aryl methyl sites for hydroxylation is 1. The molecule has 0 radical (unpaired) electrons. The van der Waals surface area contributed by atoms with Crippen molar-refractivity contribution in [1.29, 1.82) is 0 Å². The molecule has 3 N–H and O–H groups in total. The maximum absolute atomic E-state index is 12.2. The lowest BCUT2D eigenvalue weighted by atomic mass is 9.92. The number of phenols is 1. The predicted octanol–water partition coefficient (Wildman–Crippen LogP) is 6.25. The molecule has 0 atom stereocenters. The van der Waals surface area contributed by atoms with Gasteiger partial charge in [0.1, 0.15) is 5.75 Å². The highest BCUT2D eigenvalue weighted by atomic mass is 16.3. The van der Waals surface area contributed by atoms with Gasteiger partial charge < -0.3 is 10.8 Å². The van der Waals surface area contributed by atoms with Crippen molar-refractivity contribution in [3.05, 3.63) is 89.5 Å². The van der Waals surface area contributed by atoms with Gasteiger partial charge in [-0.1, -0.05) is 56.2 Å². The summed E-state index contributed by atoms with van der Waals surface area (Å²) in [6.45, 7) is 2.22. The SMILES string of the molecule is CCCCCc1ccc(-c2ccc(N=C3C=CC(=O)c4c(N)ccc(O)c43)cc2)cc1. The number of carbonyl (C=O) groups excluding carboxylic acids is 1. The molecule has 0 spiro atoms. The van der Waals surface area contributed by atoms with Crippen LogP contribution in [0.3, 0.4) is 0 Å². The number of nitrogen functional groups attached to an aromatic ring is 1. The van der Waals surface area contributed by atoms with Gasteiger partial charge in [0.2, 0.25) is 0 Å². The predicted molar refractivity (Wildman–Crippen MR) is 127 cm³/mol. The number of aromatic hydroxyl groups is 1. The van der Waals surface area contributed by atoms with E-state index >= 15 is 0 Å². The molecule has 31 heavy (non-hydrogen) atoms. The average Bonchev–Trinajstić information content (AvgIpc) is 2.79.